The number of hydrogen-bond donors (Lipinski definition) is 2. The maximum absolute atomic E-state index is 11.3. The highest BCUT2D eigenvalue weighted by atomic mass is 16.1. The molecule has 0 saturated carbocycles. The first-order chi connectivity index (χ1) is 8.29. The summed E-state index contributed by atoms with van der Waals surface area (Å²) in [4.78, 5) is 16.3. The number of amides is 1. The van der Waals surface area contributed by atoms with Crippen molar-refractivity contribution in [3.8, 4) is 0 Å². The molecule has 2 aliphatic rings. The maximum Gasteiger partial charge on any atom is 0.221 e. The molecular weight excluding hydrogens is 216 g/mol. The van der Waals surface area contributed by atoms with Crippen LogP contribution >= 0.6 is 0 Å². The summed E-state index contributed by atoms with van der Waals surface area (Å²) in [7, 11) is 0. The van der Waals surface area contributed by atoms with E-state index in [1.165, 1.54) is 13.1 Å². The largest absolute Gasteiger partial charge is 0.356 e. The van der Waals surface area contributed by atoms with E-state index in [9.17, 15) is 4.79 Å². The molecule has 5 heteroatoms. The molecule has 2 rings (SSSR count). The lowest BCUT2D eigenvalue weighted by atomic mass is 10.1. The van der Waals surface area contributed by atoms with Gasteiger partial charge < -0.3 is 10.6 Å². The fourth-order valence-electron chi connectivity index (χ4n) is 2.55. The highest BCUT2D eigenvalue weighted by molar-refractivity contribution is 5.75. The fourth-order valence-corrected chi connectivity index (χ4v) is 2.55. The minimum atomic E-state index is 0.179. The fraction of sp³-hybridized carbons (Fsp3) is 0.917. The van der Waals surface area contributed by atoms with Crippen molar-refractivity contribution in [1.82, 2.24) is 20.4 Å². The summed E-state index contributed by atoms with van der Waals surface area (Å²) >= 11 is 0. The molecule has 2 heterocycles. The second-order valence-electron chi connectivity index (χ2n) is 4.90. The van der Waals surface area contributed by atoms with E-state index in [-0.39, 0.29) is 5.91 Å². The highest BCUT2D eigenvalue weighted by Crippen LogP contribution is 2.15. The molecule has 2 N–H and O–H groups in total. The molecule has 0 aromatic rings. The number of carbonyl (C=O) groups excluding carboxylic acids is 1. The van der Waals surface area contributed by atoms with Crippen molar-refractivity contribution in [1.29, 1.82) is 0 Å². The molecule has 0 aromatic carbocycles. The zero-order valence-corrected chi connectivity index (χ0v) is 10.7. The molecule has 2 fully saturated rings. The number of piperazine rings is 1. The molecule has 2 saturated heterocycles. The van der Waals surface area contributed by atoms with Gasteiger partial charge in [-0.25, -0.2) is 0 Å². The normalized spacial score (nSPS) is 23.4. The molecule has 0 atom stereocenters. The summed E-state index contributed by atoms with van der Waals surface area (Å²) in [5.41, 5.74) is 0. The third-order valence-electron chi connectivity index (χ3n) is 3.63. The summed E-state index contributed by atoms with van der Waals surface area (Å²) in [6.45, 7) is 10.5. The first-order valence-corrected chi connectivity index (χ1v) is 6.73. The summed E-state index contributed by atoms with van der Waals surface area (Å²) in [6, 6.07) is 0.728. The van der Waals surface area contributed by atoms with Crippen molar-refractivity contribution in [2.45, 2.75) is 19.4 Å². The van der Waals surface area contributed by atoms with E-state index in [4.69, 9.17) is 0 Å². The average Bonchev–Trinajstić information content (AvgIpc) is 2.28. The minimum absolute atomic E-state index is 0.179. The molecule has 0 unspecified atom stereocenters. The number of nitrogens with zero attached hydrogens (tertiary/aromatic N) is 2. The first kappa shape index (κ1) is 12.8. The Kier molecular flexibility index (Phi) is 4.76. The van der Waals surface area contributed by atoms with Crippen molar-refractivity contribution >= 4 is 5.91 Å². The molecule has 98 valence electrons. The number of likely N-dealkylation sites (tertiary alicyclic amines) is 1. The van der Waals surface area contributed by atoms with Crippen LogP contribution in [0.3, 0.4) is 0 Å². The van der Waals surface area contributed by atoms with E-state index in [1.807, 2.05) is 6.92 Å². The second-order valence-corrected chi connectivity index (χ2v) is 4.90. The van der Waals surface area contributed by atoms with Crippen LogP contribution in [0.5, 0.6) is 0 Å². The Labute approximate surface area is 104 Å². The molecule has 0 aromatic heterocycles. The van der Waals surface area contributed by atoms with E-state index >= 15 is 0 Å². The number of hydrogen-bond acceptors (Lipinski definition) is 4. The second kappa shape index (κ2) is 6.33. The molecule has 0 radical (unpaired) electrons. The topological polar surface area (TPSA) is 47.6 Å². The molecule has 1 amide bonds. The molecular formula is C12H24N4O. The third-order valence-corrected chi connectivity index (χ3v) is 3.63. The van der Waals surface area contributed by atoms with E-state index in [1.54, 1.807) is 0 Å². The van der Waals surface area contributed by atoms with Crippen molar-refractivity contribution < 1.29 is 4.79 Å². The molecule has 0 bridgehead atoms. The van der Waals surface area contributed by atoms with E-state index in [0.717, 1.165) is 45.3 Å². The molecule has 5 nitrogen and oxygen atoms in total. The van der Waals surface area contributed by atoms with Crippen LogP contribution in [0.1, 0.15) is 13.3 Å². The van der Waals surface area contributed by atoms with Gasteiger partial charge in [0.25, 0.3) is 0 Å². The Bertz CT molecular complexity index is 247. The van der Waals surface area contributed by atoms with Crippen LogP contribution in [0.2, 0.25) is 0 Å². The zero-order chi connectivity index (χ0) is 12.1. The van der Waals surface area contributed by atoms with Gasteiger partial charge in [-0.3, -0.25) is 14.6 Å². The maximum atomic E-state index is 11.3. The third kappa shape index (κ3) is 3.66. The lowest BCUT2D eigenvalue weighted by Gasteiger charge is -2.46. The van der Waals surface area contributed by atoms with E-state index in [2.05, 4.69) is 20.4 Å². The Morgan fingerprint density at radius 2 is 2.06 bits per heavy atom. The summed E-state index contributed by atoms with van der Waals surface area (Å²) in [5.74, 6) is 0.179. The van der Waals surface area contributed by atoms with E-state index in [0.29, 0.717) is 6.42 Å². The van der Waals surface area contributed by atoms with Gasteiger partial charge in [-0.2, -0.15) is 0 Å². The molecule has 17 heavy (non-hydrogen) atoms. The van der Waals surface area contributed by atoms with E-state index < -0.39 is 0 Å². The zero-order valence-electron chi connectivity index (χ0n) is 10.7. The minimum Gasteiger partial charge on any atom is -0.356 e. The quantitative estimate of drug-likeness (QED) is 0.654. The number of nitrogens with one attached hydrogen (secondary N) is 2. The molecule has 0 aliphatic carbocycles. The van der Waals surface area contributed by atoms with Gasteiger partial charge >= 0.3 is 0 Å². The van der Waals surface area contributed by atoms with Crippen LogP contribution in [0.15, 0.2) is 0 Å². The molecule has 0 spiro atoms. The predicted molar refractivity (Wildman–Crippen MR) is 68.0 cm³/mol. The van der Waals surface area contributed by atoms with Gasteiger partial charge in [0.2, 0.25) is 5.91 Å². The van der Waals surface area contributed by atoms with Crippen LogP contribution in [-0.4, -0.2) is 74.1 Å². The summed E-state index contributed by atoms with van der Waals surface area (Å²) in [6.07, 6.45) is 0.641. The lowest BCUT2D eigenvalue weighted by molar-refractivity contribution is -0.121. The monoisotopic (exact) mass is 240 g/mol. The van der Waals surface area contributed by atoms with Crippen molar-refractivity contribution in [2.75, 3.05) is 52.4 Å². The summed E-state index contributed by atoms with van der Waals surface area (Å²) < 4.78 is 0. The van der Waals surface area contributed by atoms with Crippen LogP contribution in [0.4, 0.5) is 0 Å². The first-order valence-electron chi connectivity index (χ1n) is 6.73. The lowest BCUT2D eigenvalue weighted by Crippen LogP contribution is -2.62. The molecule has 2 aliphatic heterocycles. The van der Waals surface area contributed by atoms with Gasteiger partial charge in [-0.15, -0.1) is 0 Å². The van der Waals surface area contributed by atoms with Crippen molar-refractivity contribution in [2.24, 2.45) is 0 Å². The van der Waals surface area contributed by atoms with Crippen LogP contribution in [-0.2, 0) is 4.79 Å². The Hall–Kier alpha value is -0.650. The Morgan fingerprint density at radius 1 is 1.35 bits per heavy atom. The van der Waals surface area contributed by atoms with Gasteiger partial charge in [0.15, 0.2) is 0 Å². The van der Waals surface area contributed by atoms with Gasteiger partial charge in [0, 0.05) is 64.8 Å². The average molecular weight is 240 g/mol. The number of rotatable bonds is 5. The van der Waals surface area contributed by atoms with Gasteiger partial charge in [-0.1, -0.05) is 0 Å². The van der Waals surface area contributed by atoms with Gasteiger partial charge in [-0.05, 0) is 6.92 Å². The van der Waals surface area contributed by atoms with Crippen LogP contribution < -0.4 is 10.6 Å². The SMILES string of the molecule is CCNC(=O)CCN1CC(N2CCNCC2)C1. The van der Waals surface area contributed by atoms with Crippen LogP contribution in [0, 0.1) is 0 Å². The Balaban J connectivity index is 1.57. The van der Waals surface area contributed by atoms with Crippen molar-refractivity contribution in [3.05, 3.63) is 0 Å². The van der Waals surface area contributed by atoms with Crippen LogP contribution in [0.25, 0.3) is 0 Å². The number of carbonyl (C=O) groups is 1. The smallest absolute Gasteiger partial charge is 0.221 e. The van der Waals surface area contributed by atoms with Crippen molar-refractivity contribution in [3.63, 3.8) is 0 Å². The standard InChI is InChI=1S/C12H24N4O/c1-2-14-12(17)3-6-15-9-11(10-15)16-7-4-13-5-8-16/h11,13H,2-10H2,1H3,(H,14,17). The Morgan fingerprint density at radius 3 is 2.71 bits per heavy atom. The predicted octanol–water partition coefficient (Wildman–Crippen LogP) is -0.898. The summed E-state index contributed by atoms with van der Waals surface area (Å²) in [5, 5.41) is 6.21. The van der Waals surface area contributed by atoms with Gasteiger partial charge in [0.05, 0.1) is 0 Å². The van der Waals surface area contributed by atoms with Gasteiger partial charge in [0.1, 0.15) is 0 Å². The highest BCUT2D eigenvalue weighted by Gasteiger charge is 2.31.